The Hall–Kier alpha value is -1.15. The number of sulfonamides is 1. The van der Waals surface area contributed by atoms with Gasteiger partial charge >= 0.3 is 6.18 Å². The topological polar surface area (TPSA) is 46.2 Å². The van der Waals surface area contributed by atoms with Crippen LogP contribution in [0.3, 0.4) is 0 Å². The molecule has 10 heteroatoms. The van der Waals surface area contributed by atoms with Crippen molar-refractivity contribution < 1.29 is 21.6 Å². The van der Waals surface area contributed by atoms with Crippen LogP contribution in [0.5, 0.6) is 0 Å². The van der Waals surface area contributed by atoms with Crippen LogP contribution in [-0.2, 0) is 16.2 Å². The summed E-state index contributed by atoms with van der Waals surface area (Å²) in [5.74, 6) is 0. The molecule has 0 aliphatic heterocycles. The Labute approximate surface area is 145 Å². The van der Waals surface area contributed by atoms with Crippen LogP contribution in [0.4, 0.5) is 18.9 Å². The van der Waals surface area contributed by atoms with Crippen molar-refractivity contribution in [2.24, 2.45) is 0 Å². The van der Waals surface area contributed by atoms with Crippen LogP contribution in [0.1, 0.15) is 5.56 Å². The molecule has 0 saturated heterocycles. The fourth-order valence-corrected chi connectivity index (χ4v) is 3.88. The molecular weight excluding hydrogens is 398 g/mol. The molecule has 0 fully saturated rings. The Kier molecular flexibility index (Phi) is 5.06. The lowest BCUT2D eigenvalue weighted by atomic mass is 10.2. The second-order valence-corrected chi connectivity index (χ2v) is 7.12. The monoisotopic (exact) mass is 403 g/mol. The van der Waals surface area contributed by atoms with E-state index in [-0.39, 0.29) is 5.69 Å². The van der Waals surface area contributed by atoms with Gasteiger partial charge in [0.1, 0.15) is 4.90 Å². The van der Waals surface area contributed by atoms with Crippen LogP contribution >= 0.6 is 34.8 Å². The summed E-state index contributed by atoms with van der Waals surface area (Å²) in [6, 6.07) is 7.94. The number of hydrogen-bond donors (Lipinski definition) is 1. The zero-order valence-corrected chi connectivity index (χ0v) is 14.0. The van der Waals surface area contributed by atoms with E-state index in [1.807, 2.05) is 0 Å². The van der Waals surface area contributed by atoms with Crippen LogP contribution < -0.4 is 4.72 Å². The zero-order valence-electron chi connectivity index (χ0n) is 11.0. The van der Waals surface area contributed by atoms with Gasteiger partial charge in [0.2, 0.25) is 0 Å². The van der Waals surface area contributed by atoms with E-state index >= 15 is 0 Å². The highest BCUT2D eigenvalue weighted by atomic mass is 35.5. The third-order valence-corrected chi connectivity index (χ3v) is 5.61. The van der Waals surface area contributed by atoms with Gasteiger partial charge in [-0.25, -0.2) is 8.42 Å². The molecule has 3 nitrogen and oxygen atoms in total. The van der Waals surface area contributed by atoms with Crippen molar-refractivity contribution in [1.29, 1.82) is 0 Å². The van der Waals surface area contributed by atoms with Crippen LogP contribution in [-0.4, -0.2) is 8.42 Å². The smallest absolute Gasteiger partial charge is 0.280 e. The largest absolute Gasteiger partial charge is 0.417 e. The predicted octanol–water partition coefficient (Wildman–Crippen LogP) is 5.47. The molecule has 23 heavy (non-hydrogen) atoms. The third-order valence-electron chi connectivity index (χ3n) is 2.73. The van der Waals surface area contributed by atoms with Gasteiger partial charge in [-0.05, 0) is 18.2 Å². The van der Waals surface area contributed by atoms with Gasteiger partial charge in [-0.1, -0.05) is 53.0 Å². The number of rotatable bonds is 3. The fraction of sp³-hybridized carbons (Fsp3) is 0.0769. The number of hydrogen-bond acceptors (Lipinski definition) is 2. The first-order valence-electron chi connectivity index (χ1n) is 5.86. The predicted molar refractivity (Wildman–Crippen MR) is 83.7 cm³/mol. The minimum absolute atomic E-state index is 0.156. The summed E-state index contributed by atoms with van der Waals surface area (Å²) < 4.78 is 65.6. The molecule has 0 bridgehead atoms. The molecule has 2 aromatic carbocycles. The molecule has 0 spiro atoms. The zero-order chi connectivity index (χ0) is 17.4. The Morgan fingerprint density at radius 1 is 0.913 bits per heavy atom. The summed E-state index contributed by atoms with van der Waals surface area (Å²) in [4.78, 5) is -0.815. The maximum atomic E-state index is 13.0. The van der Waals surface area contributed by atoms with Crippen molar-refractivity contribution >= 4 is 50.5 Å². The van der Waals surface area contributed by atoms with Crippen LogP contribution in [0.15, 0.2) is 41.3 Å². The van der Waals surface area contributed by atoms with E-state index in [0.717, 1.165) is 0 Å². The van der Waals surface area contributed by atoms with Gasteiger partial charge in [0.05, 0.1) is 20.6 Å². The molecule has 0 amide bonds. The maximum absolute atomic E-state index is 13.0. The SMILES string of the molecule is O=S(=O)(Nc1ccccc1)c1cc(C(F)(F)F)c(Cl)c(Cl)c1Cl. The summed E-state index contributed by atoms with van der Waals surface area (Å²) >= 11 is 16.9. The number of benzene rings is 2. The second-order valence-electron chi connectivity index (χ2n) is 4.33. The first kappa shape index (κ1) is 18.2. The molecule has 0 aliphatic rings. The molecule has 0 aromatic heterocycles. The molecule has 2 rings (SSSR count). The number of nitrogens with one attached hydrogen (secondary N) is 1. The van der Waals surface area contributed by atoms with Crippen molar-refractivity contribution in [3.05, 3.63) is 57.0 Å². The molecule has 0 aliphatic carbocycles. The van der Waals surface area contributed by atoms with Gasteiger partial charge in [-0.2, -0.15) is 13.2 Å². The lowest BCUT2D eigenvalue weighted by Gasteiger charge is -2.15. The van der Waals surface area contributed by atoms with E-state index in [2.05, 4.69) is 4.72 Å². The average Bonchev–Trinajstić information content (AvgIpc) is 2.43. The minimum Gasteiger partial charge on any atom is -0.280 e. The van der Waals surface area contributed by atoms with E-state index in [0.29, 0.717) is 6.07 Å². The number of para-hydroxylation sites is 1. The van der Waals surface area contributed by atoms with Crippen molar-refractivity contribution in [2.75, 3.05) is 4.72 Å². The Balaban J connectivity index is 2.61. The van der Waals surface area contributed by atoms with Gasteiger partial charge in [-0.15, -0.1) is 0 Å². The Morgan fingerprint density at radius 2 is 1.48 bits per heavy atom. The van der Waals surface area contributed by atoms with E-state index in [9.17, 15) is 21.6 Å². The molecule has 0 radical (unpaired) electrons. The minimum atomic E-state index is -4.89. The summed E-state index contributed by atoms with van der Waals surface area (Å²) in [6.07, 6.45) is -4.89. The molecule has 0 unspecified atom stereocenters. The lowest BCUT2D eigenvalue weighted by molar-refractivity contribution is -0.137. The summed E-state index contributed by atoms with van der Waals surface area (Å²) in [6.45, 7) is 0. The van der Waals surface area contributed by atoms with Crippen LogP contribution in [0.25, 0.3) is 0 Å². The van der Waals surface area contributed by atoms with E-state index in [1.165, 1.54) is 12.1 Å². The number of halogens is 6. The molecular formula is C13H7Cl3F3NO2S. The maximum Gasteiger partial charge on any atom is 0.417 e. The second kappa shape index (κ2) is 6.39. The van der Waals surface area contributed by atoms with Gasteiger partial charge in [0, 0.05) is 5.69 Å². The molecule has 124 valence electrons. The number of anilines is 1. The molecule has 0 saturated carbocycles. The van der Waals surface area contributed by atoms with E-state index < -0.39 is 41.7 Å². The standard InChI is InChI=1S/C13H7Cl3F3NO2S/c14-10-8(13(17,18)19)6-9(11(15)12(10)16)23(21,22)20-7-4-2-1-3-5-7/h1-6,20H. The molecule has 2 aromatic rings. The summed E-state index contributed by atoms with van der Waals surface area (Å²) in [5.41, 5.74) is -1.23. The highest BCUT2D eigenvalue weighted by molar-refractivity contribution is 7.92. The van der Waals surface area contributed by atoms with Crippen molar-refractivity contribution in [3.8, 4) is 0 Å². The fourth-order valence-electron chi connectivity index (χ4n) is 1.70. The van der Waals surface area contributed by atoms with Gasteiger partial charge in [0.15, 0.2) is 0 Å². The van der Waals surface area contributed by atoms with Crippen molar-refractivity contribution in [2.45, 2.75) is 11.1 Å². The first-order chi connectivity index (χ1) is 10.5. The summed E-state index contributed by atoms with van der Waals surface area (Å²) in [7, 11) is -4.39. The molecule has 0 heterocycles. The van der Waals surface area contributed by atoms with Gasteiger partial charge < -0.3 is 0 Å². The quantitative estimate of drug-likeness (QED) is 0.690. The van der Waals surface area contributed by atoms with Crippen molar-refractivity contribution in [3.63, 3.8) is 0 Å². The molecule has 1 N–H and O–H groups in total. The molecule has 0 atom stereocenters. The van der Waals surface area contributed by atoms with Gasteiger partial charge in [-0.3, -0.25) is 4.72 Å². The van der Waals surface area contributed by atoms with E-state index in [1.54, 1.807) is 18.2 Å². The normalized spacial score (nSPS) is 12.3. The highest BCUT2D eigenvalue weighted by Crippen LogP contribution is 2.44. The Morgan fingerprint density at radius 3 is 2.00 bits per heavy atom. The average molecular weight is 405 g/mol. The van der Waals surface area contributed by atoms with Crippen molar-refractivity contribution in [1.82, 2.24) is 0 Å². The number of alkyl halides is 3. The third kappa shape index (κ3) is 3.85. The summed E-state index contributed by atoms with van der Waals surface area (Å²) in [5, 5.41) is -2.13. The Bertz CT molecular complexity index is 840. The van der Waals surface area contributed by atoms with E-state index in [4.69, 9.17) is 34.8 Å². The van der Waals surface area contributed by atoms with Crippen LogP contribution in [0, 0.1) is 0 Å². The van der Waals surface area contributed by atoms with Crippen LogP contribution in [0.2, 0.25) is 15.1 Å². The lowest BCUT2D eigenvalue weighted by Crippen LogP contribution is -2.16. The van der Waals surface area contributed by atoms with Gasteiger partial charge in [0.25, 0.3) is 10.0 Å². The first-order valence-corrected chi connectivity index (χ1v) is 8.48. The highest BCUT2D eigenvalue weighted by Gasteiger charge is 2.37.